The third-order valence-electron chi connectivity index (χ3n) is 6.00. The maximum absolute atomic E-state index is 12.9. The molecule has 1 fully saturated rings. The molecule has 160 valence electrons. The van der Waals surface area contributed by atoms with Crippen LogP contribution in [0.15, 0.2) is 47.4 Å². The van der Waals surface area contributed by atoms with Crippen LogP contribution in [0.2, 0.25) is 0 Å². The quantitative estimate of drug-likeness (QED) is 0.756. The van der Waals surface area contributed by atoms with E-state index in [1.807, 2.05) is 24.3 Å². The molecule has 0 atom stereocenters. The normalized spacial score (nSPS) is 18.4. The average Bonchev–Trinajstić information content (AvgIpc) is 2.91. The lowest BCUT2D eigenvalue weighted by Crippen LogP contribution is -2.32. The lowest BCUT2D eigenvalue weighted by Gasteiger charge is -2.30. The van der Waals surface area contributed by atoms with Gasteiger partial charge in [0.2, 0.25) is 5.91 Å². The highest BCUT2D eigenvalue weighted by atomic mass is 32.2. The van der Waals surface area contributed by atoms with E-state index in [0.29, 0.717) is 30.6 Å². The summed E-state index contributed by atoms with van der Waals surface area (Å²) in [4.78, 5) is 14.4. The highest BCUT2D eigenvalue weighted by molar-refractivity contribution is 7.92. The first-order valence-electron chi connectivity index (χ1n) is 10.7. The van der Waals surface area contributed by atoms with Crippen molar-refractivity contribution in [3.63, 3.8) is 0 Å². The topological polar surface area (TPSA) is 78.5 Å². The van der Waals surface area contributed by atoms with Crippen LogP contribution in [0.25, 0.3) is 0 Å². The third kappa shape index (κ3) is 5.02. The summed E-state index contributed by atoms with van der Waals surface area (Å²) in [6.45, 7) is 5.44. The summed E-state index contributed by atoms with van der Waals surface area (Å²) in [5.74, 6) is 0.781. The van der Waals surface area contributed by atoms with Crippen molar-refractivity contribution >= 4 is 27.3 Å². The SMILES string of the molecule is CC1CCN(Cc2ccc(NS(=O)(=O)c3ccc4c(c3)CCCC(=O)N4)cc2)CC1. The molecule has 1 saturated heterocycles. The number of anilines is 2. The van der Waals surface area contributed by atoms with Gasteiger partial charge < -0.3 is 5.32 Å². The monoisotopic (exact) mass is 427 g/mol. The Morgan fingerprint density at radius 2 is 1.80 bits per heavy atom. The van der Waals surface area contributed by atoms with Gasteiger partial charge in [0.15, 0.2) is 0 Å². The van der Waals surface area contributed by atoms with Gasteiger partial charge in [-0.3, -0.25) is 14.4 Å². The minimum Gasteiger partial charge on any atom is -0.326 e. The first kappa shape index (κ1) is 20.9. The summed E-state index contributed by atoms with van der Waals surface area (Å²) in [5, 5.41) is 2.83. The number of carbonyl (C=O) groups is 1. The molecule has 0 unspecified atom stereocenters. The molecule has 2 heterocycles. The molecule has 0 bridgehead atoms. The molecule has 0 saturated carbocycles. The zero-order valence-electron chi connectivity index (χ0n) is 17.4. The van der Waals surface area contributed by atoms with Gasteiger partial charge in [0, 0.05) is 24.3 Å². The number of nitrogens with zero attached hydrogens (tertiary/aromatic N) is 1. The molecule has 0 aromatic heterocycles. The van der Waals surface area contributed by atoms with Crippen molar-refractivity contribution in [1.29, 1.82) is 0 Å². The van der Waals surface area contributed by atoms with Crippen molar-refractivity contribution in [2.24, 2.45) is 5.92 Å². The van der Waals surface area contributed by atoms with Crippen LogP contribution in [0.5, 0.6) is 0 Å². The highest BCUT2D eigenvalue weighted by Gasteiger charge is 2.19. The molecule has 0 aliphatic carbocycles. The Hall–Kier alpha value is -2.38. The fraction of sp³-hybridized carbons (Fsp3) is 0.435. The average molecular weight is 428 g/mol. The van der Waals surface area contributed by atoms with Gasteiger partial charge in [-0.05, 0) is 86.1 Å². The Bertz CT molecular complexity index is 1010. The Balaban J connectivity index is 1.43. The lowest BCUT2D eigenvalue weighted by atomic mass is 9.99. The number of rotatable bonds is 5. The number of benzene rings is 2. The fourth-order valence-electron chi connectivity index (χ4n) is 4.09. The van der Waals surface area contributed by atoms with Gasteiger partial charge >= 0.3 is 0 Å². The molecule has 2 aromatic carbocycles. The molecule has 2 aromatic rings. The molecule has 2 aliphatic rings. The number of hydrogen-bond donors (Lipinski definition) is 2. The standard InChI is InChI=1S/C23H29N3O3S/c1-17-11-13-26(14-12-17)16-18-5-7-20(8-6-18)25-30(28,29)21-9-10-22-19(15-21)3-2-4-23(27)24-22/h5-10,15,17,25H,2-4,11-14,16H2,1H3,(H,24,27). The Labute approximate surface area is 178 Å². The number of piperidine rings is 1. The molecule has 4 rings (SSSR count). The van der Waals surface area contributed by atoms with E-state index in [-0.39, 0.29) is 10.8 Å². The molecular weight excluding hydrogens is 398 g/mol. The van der Waals surface area contributed by atoms with Crippen molar-refractivity contribution < 1.29 is 13.2 Å². The third-order valence-corrected chi connectivity index (χ3v) is 7.38. The zero-order chi connectivity index (χ0) is 21.1. The first-order chi connectivity index (χ1) is 14.4. The Kier molecular flexibility index (Phi) is 6.11. The van der Waals surface area contributed by atoms with Crippen molar-refractivity contribution in [1.82, 2.24) is 4.90 Å². The maximum Gasteiger partial charge on any atom is 0.261 e. The van der Waals surface area contributed by atoms with Crippen LogP contribution >= 0.6 is 0 Å². The second-order valence-corrected chi connectivity index (χ2v) is 10.2. The summed E-state index contributed by atoms with van der Waals surface area (Å²) in [6, 6.07) is 12.5. The minimum atomic E-state index is -3.69. The molecule has 2 N–H and O–H groups in total. The van der Waals surface area contributed by atoms with Gasteiger partial charge in [-0.1, -0.05) is 19.1 Å². The van der Waals surface area contributed by atoms with E-state index in [1.165, 1.54) is 18.4 Å². The Morgan fingerprint density at radius 1 is 1.07 bits per heavy atom. The highest BCUT2D eigenvalue weighted by Crippen LogP contribution is 2.26. The number of hydrogen-bond acceptors (Lipinski definition) is 4. The van der Waals surface area contributed by atoms with Gasteiger partial charge in [-0.25, -0.2) is 8.42 Å². The van der Waals surface area contributed by atoms with Gasteiger partial charge in [-0.15, -0.1) is 0 Å². The number of sulfonamides is 1. The van der Waals surface area contributed by atoms with Crippen molar-refractivity contribution in [2.75, 3.05) is 23.1 Å². The van der Waals surface area contributed by atoms with Gasteiger partial charge in [0.1, 0.15) is 0 Å². The van der Waals surface area contributed by atoms with E-state index >= 15 is 0 Å². The van der Waals surface area contributed by atoms with E-state index in [4.69, 9.17) is 0 Å². The molecule has 2 aliphatic heterocycles. The second kappa shape index (κ2) is 8.78. The van der Waals surface area contributed by atoms with Crippen LogP contribution in [0, 0.1) is 5.92 Å². The van der Waals surface area contributed by atoms with Gasteiger partial charge in [0.05, 0.1) is 4.90 Å². The van der Waals surface area contributed by atoms with Gasteiger partial charge in [0.25, 0.3) is 10.0 Å². The number of amides is 1. The van der Waals surface area contributed by atoms with Crippen molar-refractivity contribution in [2.45, 2.75) is 50.5 Å². The molecule has 7 heteroatoms. The molecule has 0 spiro atoms. The largest absolute Gasteiger partial charge is 0.326 e. The smallest absolute Gasteiger partial charge is 0.261 e. The minimum absolute atomic E-state index is 0.0263. The molecule has 1 amide bonds. The maximum atomic E-state index is 12.9. The summed E-state index contributed by atoms with van der Waals surface area (Å²) < 4.78 is 28.4. The number of carbonyl (C=O) groups excluding carboxylic acids is 1. The van der Waals surface area contributed by atoms with Crippen molar-refractivity contribution in [3.05, 3.63) is 53.6 Å². The van der Waals surface area contributed by atoms with Gasteiger partial charge in [-0.2, -0.15) is 0 Å². The predicted molar refractivity (Wildman–Crippen MR) is 119 cm³/mol. The summed E-state index contributed by atoms with van der Waals surface area (Å²) in [5.41, 5.74) is 3.30. The number of aryl methyl sites for hydroxylation is 1. The van der Waals surface area contributed by atoms with E-state index in [0.717, 1.165) is 31.1 Å². The van der Waals surface area contributed by atoms with E-state index < -0.39 is 10.0 Å². The van der Waals surface area contributed by atoms with Crippen LogP contribution in [0.4, 0.5) is 11.4 Å². The van der Waals surface area contributed by atoms with E-state index in [1.54, 1.807) is 18.2 Å². The van der Waals surface area contributed by atoms with Crippen LogP contribution in [-0.4, -0.2) is 32.3 Å². The molecule has 30 heavy (non-hydrogen) atoms. The Morgan fingerprint density at radius 3 is 2.53 bits per heavy atom. The summed E-state index contributed by atoms with van der Waals surface area (Å²) in [7, 11) is -3.69. The summed E-state index contributed by atoms with van der Waals surface area (Å²) in [6.07, 6.45) is 4.33. The van der Waals surface area contributed by atoms with E-state index in [2.05, 4.69) is 21.9 Å². The lowest BCUT2D eigenvalue weighted by molar-refractivity contribution is -0.116. The zero-order valence-corrected chi connectivity index (χ0v) is 18.2. The van der Waals surface area contributed by atoms with Crippen molar-refractivity contribution in [3.8, 4) is 0 Å². The number of likely N-dealkylation sites (tertiary alicyclic amines) is 1. The summed E-state index contributed by atoms with van der Waals surface area (Å²) >= 11 is 0. The van der Waals surface area contributed by atoms with Crippen LogP contribution in [0.3, 0.4) is 0 Å². The molecule has 0 radical (unpaired) electrons. The number of nitrogens with one attached hydrogen (secondary N) is 2. The molecule has 6 nitrogen and oxygen atoms in total. The fourth-order valence-corrected chi connectivity index (χ4v) is 5.20. The molecular formula is C23H29N3O3S. The van der Waals surface area contributed by atoms with Crippen LogP contribution < -0.4 is 10.0 Å². The van der Waals surface area contributed by atoms with Crippen LogP contribution in [-0.2, 0) is 27.8 Å². The second-order valence-electron chi connectivity index (χ2n) is 8.48. The van der Waals surface area contributed by atoms with E-state index in [9.17, 15) is 13.2 Å². The predicted octanol–water partition coefficient (Wildman–Crippen LogP) is 3.99. The number of fused-ring (bicyclic) bond motifs is 1. The first-order valence-corrected chi connectivity index (χ1v) is 12.1. The van der Waals surface area contributed by atoms with Crippen LogP contribution in [0.1, 0.15) is 43.7 Å².